The van der Waals surface area contributed by atoms with Crippen molar-refractivity contribution in [3.63, 3.8) is 0 Å². The highest BCUT2D eigenvalue weighted by Gasteiger charge is 2.09. The average Bonchev–Trinajstić information content (AvgIpc) is 2.55. The second kappa shape index (κ2) is 8.22. The summed E-state index contributed by atoms with van der Waals surface area (Å²) in [6.45, 7) is 2.58. The van der Waals surface area contributed by atoms with Crippen LogP contribution in [-0.4, -0.2) is 26.7 Å². The van der Waals surface area contributed by atoms with E-state index in [0.717, 1.165) is 34.6 Å². The van der Waals surface area contributed by atoms with Crippen molar-refractivity contribution in [3.8, 4) is 11.5 Å². The van der Waals surface area contributed by atoms with Crippen molar-refractivity contribution in [1.29, 1.82) is 0 Å². The highest BCUT2D eigenvalue weighted by atomic mass is 16.5. The monoisotopic (exact) mass is 313 g/mol. The summed E-state index contributed by atoms with van der Waals surface area (Å²) in [5.41, 5.74) is 3.10. The molecule has 0 heterocycles. The van der Waals surface area contributed by atoms with Gasteiger partial charge in [-0.3, -0.25) is 4.79 Å². The Morgan fingerprint density at radius 1 is 1.00 bits per heavy atom. The van der Waals surface area contributed by atoms with Crippen LogP contribution < -0.4 is 14.8 Å². The first kappa shape index (κ1) is 16.9. The third-order valence-electron chi connectivity index (χ3n) is 3.70. The van der Waals surface area contributed by atoms with Gasteiger partial charge < -0.3 is 14.8 Å². The van der Waals surface area contributed by atoms with E-state index >= 15 is 0 Å². The summed E-state index contributed by atoms with van der Waals surface area (Å²) in [6.07, 6.45) is 1.05. The number of nitrogens with one attached hydrogen (secondary N) is 1. The minimum Gasteiger partial charge on any atom is -0.496 e. The summed E-state index contributed by atoms with van der Waals surface area (Å²) < 4.78 is 10.6. The summed E-state index contributed by atoms with van der Waals surface area (Å²) in [5.74, 6) is 1.58. The molecule has 0 atom stereocenters. The number of rotatable bonds is 7. The second-order valence-corrected chi connectivity index (χ2v) is 5.40. The molecule has 0 fully saturated rings. The van der Waals surface area contributed by atoms with Gasteiger partial charge in [0.05, 0.1) is 20.6 Å². The van der Waals surface area contributed by atoms with Crippen molar-refractivity contribution in [2.75, 3.05) is 20.8 Å². The molecule has 122 valence electrons. The van der Waals surface area contributed by atoms with Crippen molar-refractivity contribution in [3.05, 3.63) is 59.2 Å². The molecule has 0 spiro atoms. The predicted octanol–water partition coefficient (Wildman–Crippen LogP) is 2.91. The Hall–Kier alpha value is -2.49. The minimum absolute atomic E-state index is 0.0104. The van der Waals surface area contributed by atoms with Crippen LogP contribution in [-0.2, 0) is 17.6 Å². The molecule has 0 aliphatic heterocycles. The Balaban J connectivity index is 1.89. The lowest BCUT2D eigenvalue weighted by Gasteiger charge is -2.11. The van der Waals surface area contributed by atoms with E-state index in [1.807, 2.05) is 49.4 Å². The summed E-state index contributed by atoms with van der Waals surface area (Å²) in [4.78, 5) is 12.1. The maximum Gasteiger partial charge on any atom is 0.224 e. The van der Waals surface area contributed by atoms with Crippen molar-refractivity contribution in [1.82, 2.24) is 5.32 Å². The van der Waals surface area contributed by atoms with Gasteiger partial charge in [0, 0.05) is 12.1 Å². The molecule has 0 bridgehead atoms. The molecular weight excluding hydrogens is 290 g/mol. The number of carbonyl (C=O) groups is 1. The van der Waals surface area contributed by atoms with E-state index in [0.29, 0.717) is 13.0 Å². The standard InChI is InChI=1S/C19H23NO3/c1-14-8-9-18(23-3)16(12-14)13-19(21)20-11-10-15-6-4-5-7-17(15)22-2/h4-9,12H,10-11,13H2,1-3H3,(H,20,21). The highest BCUT2D eigenvalue weighted by Crippen LogP contribution is 2.20. The summed E-state index contributed by atoms with van der Waals surface area (Å²) in [7, 11) is 3.27. The molecule has 4 heteroatoms. The molecule has 0 aromatic heterocycles. The number of hydrogen-bond acceptors (Lipinski definition) is 3. The third-order valence-corrected chi connectivity index (χ3v) is 3.70. The highest BCUT2D eigenvalue weighted by molar-refractivity contribution is 5.79. The largest absolute Gasteiger partial charge is 0.496 e. The van der Waals surface area contributed by atoms with E-state index in [1.54, 1.807) is 14.2 Å². The molecule has 0 saturated heterocycles. The fourth-order valence-electron chi connectivity index (χ4n) is 2.53. The molecule has 1 N–H and O–H groups in total. The molecule has 4 nitrogen and oxygen atoms in total. The Kier molecular flexibility index (Phi) is 6.03. The number of benzene rings is 2. The van der Waals surface area contributed by atoms with Crippen LogP contribution >= 0.6 is 0 Å². The molecule has 23 heavy (non-hydrogen) atoms. The summed E-state index contributed by atoms with van der Waals surface area (Å²) in [6, 6.07) is 13.7. The Morgan fingerprint density at radius 2 is 1.70 bits per heavy atom. The zero-order chi connectivity index (χ0) is 16.7. The molecule has 2 aromatic rings. The molecule has 0 aliphatic rings. The van der Waals surface area contributed by atoms with Crippen LogP contribution in [0.25, 0.3) is 0 Å². The molecule has 1 amide bonds. The van der Waals surface area contributed by atoms with Gasteiger partial charge in [-0.25, -0.2) is 0 Å². The lowest BCUT2D eigenvalue weighted by molar-refractivity contribution is -0.120. The summed E-state index contributed by atoms with van der Waals surface area (Å²) in [5, 5.41) is 2.95. The van der Waals surface area contributed by atoms with E-state index in [9.17, 15) is 4.79 Å². The zero-order valence-corrected chi connectivity index (χ0v) is 13.9. The van der Waals surface area contributed by atoms with Gasteiger partial charge in [-0.15, -0.1) is 0 Å². The number of aryl methyl sites for hydroxylation is 1. The smallest absolute Gasteiger partial charge is 0.224 e. The van der Waals surface area contributed by atoms with Crippen LogP contribution in [0.2, 0.25) is 0 Å². The molecule has 0 aliphatic carbocycles. The normalized spacial score (nSPS) is 10.2. The Morgan fingerprint density at radius 3 is 2.43 bits per heavy atom. The third kappa shape index (κ3) is 4.74. The molecule has 2 aromatic carbocycles. The van der Waals surface area contributed by atoms with E-state index in [1.165, 1.54) is 0 Å². The molecule has 0 radical (unpaired) electrons. The van der Waals surface area contributed by atoms with E-state index in [4.69, 9.17) is 9.47 Å². The number of hydrogen-bond donors (Lipinski definition) is 1. The van der Waals surface area contributed by atoms with E-state index in [-0.39, 0.29) is 5.91 Å². The van der Waals surface area contributed by atoms with Crippen molar-refractivity contribution in [2.45, 2.75) is 19.8 Å². The van der Waals surface area contributed by atoms with E-state index in [2.05, 4.69) is 5.32 Å². The first-order valence-electron chi connectivity index (χ1n) is 7.66. The maximum absolute atomic E-state index is 12.1. The van der Waals surface area contributed by atoms with Gasteiger partial charge in [-0.1, -0.05) is 35.9 Å². The molecule has 2 rings (SSSR count). The fraction of sp³-hybridized carbons (Fsp3) is 0.316. The predicted molar refractivity (Wildman–Crippen MR) is 91.1 cm³/mol. The topological polar surface area (TPSA) is 47.6 Å². The SMILES string of the molecule is COc1ccccc1CCNC(=O)Cc1cc(C)ccc1OC. The van der Waals surface area contributed by atoms with Crippen LogP contribution in [0.3, 0.4) is 0 Å². The number of methoxy groups -OCH3 is 2. The van der Waals surface area contributed by atoms with Crippen LogP contribution in [0.4, 0.5) is 0 Å². The number of ether oxygens (including phenoxy) is 2. The van der Waals surface area contributed by atoms with Crippen LogP contribution in [0, 0.1) is 6.92 Å². The summed E-state index contributed by atoms with van der Waals surface area (Å²) >= 11 is 0. The maximum atomic E-state index is 12.1. The van der Waals surface area contributed by atoms with Gasteiger partial charge in [-0.05, 0) is 31.0 Å². The average molecular weight is 313 g/mol. The molecule has 0 unspecified atom stereocenters. The zero-order valence-electron chi connectivity index (χ0n) is 13.9. The van der Waals surface area contributed by atoms with Gasteiger partial charge in [0.25, 0.3) is 0 Å². The second-order valence-electron chi connectivity index (χ2n) is 5.40. The number of amides is 1. The van der Waals surface area contributed by atoms with Gasteiger partial charge in [-0.2, -0.15) is 0 Å². The molecular formula is C19H23NO3. The van der Waals surface area contributed by atoms with Gasteiger partial charge in [0.1, 0.15) is 11.5 Å². The first-order valence-corrected chi connectivity index (χ1v) is 7.66. The van der Waals surface area contributed by atoms with Crippen molar-refractivity contribution < 1.29 is 14.3 Å². The lowest BCUT2D eigenvalue weighted by Crippen LogP contribution is -2.27. The van der Waals surface area contributed by atoms with Crippen LogP contribution in [0.1, 0.15) is 16.7 Å². The van der Waals surface area contributed by atoms with Crippen LogP contribution in [0.15, 0.2) is 42.5 Å². The van der Waals surface area contributed by atoms with E-state index < -0.39 is 0 Å². The Bertz CT molecular complexity index is 667. The molecule has 0 saturated carbocycles. The van der Waals surface area contributed by atoms with Gasteiger partial charge in [0.15, 0.2) is 0 Å². The first-order chi connectivity index (χ1) is 11.1. The van der Waals surface area contributed by atoms with Gasteiger partial charge in [0.2, 0.25) is 5.91 Å². The lowest BCUT2D eigenvalue weighted by atomic mass is 10.1. The minimum atomic E-state index is -0.0104. The Labute approximate surface area is 137 Å². The van der Waals surface area contributed by atoms with Crippen molar-refractivity contribution >= 4 is 5.91 Å². The van der Waals surface area contributed by atoms with Gasteiger partial charge >= 0.3 is 0 Å². The van der Waals surface area contributed by atoms with Crippen molar-refractivity contribution in [2.24, 2.45) is 0 Å². The number of para-hydroxylation sites is 1. The van der Waals surface area contributed by atoms with Crippen LogP contribution in [0.5, 0.6) is 11.5 Å². The fourth-order valence-corrected chi connectivity index (χ4v) is 2.53. The quantitative estimate of drug-likeness (QED) is 0.855. The number of carbonyl (C=O) groups excluding carboxylic acids is 1.